The Balaban J connectivity index is 1.22. The molecule has 0 spiro atoms. The summed E-state index contributed by atoms with van der Waals surface area (Å²) in [5.74, 6) is 0.195. The lowest BCUT2D eigenvalue weighted by molar-refractivity contribution is -0.149. The molecule has 38 heavy (non-hydrogen) atoms. The number of anilines is 1. The number of thiazole rings is 1. The first-order chi connectivity index (χ1) is 18.5. The van der Waals surface area contributed by atoms with E-state index in [4.69, 9.17) is 18.9 Å². The van der Waals surface area contributed by atoms with Crippen molar-refractivity contribution >= 4 is 34.1 Å². The first kappa shape index (κ1) is 26.4. The summed E-state index contributed by atoms with van der Waals surface area (Å²) in [5.41, 5.74) is 2.52. The number of nitrogens with one attached hydrogen (secondary N) is 1. The molecule has 1 N–H and O–H groups in total. The lowest BCUT2D eigenvalue weighted by atomic mass is 10.0. The minimum Gasteiger partial charge on any atom is -0.493 e. The average molecular weight is 533 g/mol. The van der Waals surface area contributed by atoms with Crippen LogP contribution in [0.1, 0.15) is 15.9 Å². The van der Waals surface area contributed by atoms with Gasteiger partial charge in [0, 0.05) is 22.1 Å². The third-order valence-corrected chi connectivity index (χ3v) is 6.06. The lowest BCUT2D eigenvalue weighted by Crippen LogP contribution is -2.23. The van der Waals surface area contributed by atoms with E-state index in [2.05, 4.69) is 10.3 Å². The molecule has 0 aliphatic heterocycles. The van der Waals surface area contributed by atoms with Crippen molar-refractivity contribution in [3.05, 3.63) is 89.3 Å². The number of rotatable bonds is 11. The minimum atomic E-state index is -0.713. The molecular formula is C28H24N2O7S. The number of methoxy groups -OCH3 is 2. The fraction of sp³-hybridized carbons (Fsp3) is 0.143. The summed E-state index contributed by atoms with van der Waals surface area (Å²) in [6, 6.07) is 20.7. The van der Waals surface area contributed by atoms with Crippen molar-refractivity contribution in [3.8, 4) is 28.5 Å². The molecule has 9 nitrogen and oxygen atoms in total. The van der Waals surface area contributed by atoms with Gasteiger partial charge in [-0.25, -0.2) is 9.78 Å². The number of ether oxygens (including phenoxy) is 4. The van der Waals surface area contributed by atoms with Gasteiger partial charge in [-0.3, -0.25) is 14.9 Å². The Hall–Kier alpha value is -4.70. The van der Waals surface area contributed by atoms with E-state index in [1.807, 2.05) is 12.1 Å². The smallest absolute Gasteiger partial charge is 0.344 e. The van der Waals surface area contributed by atoms with Gasteiger partial charge < -0.3 is 18.9 Å². The van der Waals surface area contributed by atoms with Crippen LogP contribution in [0.15, 0.2) is 78.2 Å². The van der Waals surface area contributed by atoms with Crippen LogP contribution in [-0.4, -0.2) is 50.1 Å². The highest BCUT2D eigenvalue weighted by Crippen LogP contribution is 2.33. The highest BCUT2D eigenvalue weighted by molar-refractivity contribution is 7.14. The molecule has 1 heterocycles. The van der Waals surface area contributed by atoms with Gasteiger partial charge in [0.2, 0.25) is 0 Å². The van der Waals surface area contributed by atoms with Crippen molar-refractivity contribution in [3.63, 3.8) is 0 Å². The molecule has 0 saturated carbocycles. The first-order valence-electron chi connectivity index (χ1n) is 11.4. The van der Waals surface area contributed by atoms with Gasteiger partial charge in [-0.15, -0.1) is 11.3 Å². The van der Waals surface area contributed by atoms with E-state index >= 15 is 0 Å². The quantitative estimate of drug-likeness (QED) is 0.220. The molecule has 0 unspecified atom stereocenters. The molecule has 0 fully saturated rings. The largest absolute Gasteiger partial charge is 0.493 e. The number of carbonyl (C=O) groups excluding carboxylic acids is 3. The van der Waals surface area contributed by atoms with Gasteiger partial charge in [0.25, 0.3) is 5.91 Å². The Labute approximate surface area is 223 Å². The van der Waals surface area contributed by atoms with E-state index in [0.29, 0.717) is 39.2 Å². The SMILES string of the molecule is COc1ccc(-c2csc(NC(=O)COC(=O)COc3ccc(C(=O)c4ccccc4)cc3)n2)cc1OC. The summed E-state index contributed by atoms with van der Waals surface area (Å²) in [7, 11) is 3.10. The zero-order chi connectivity index (χ0) is 26.9. The second kappa shape index (κ2) is 12.5. The van der Waals surface area contributed by atoms with Crippen molar-refractivity contribution in [2.24, 2.45) is 0 Å². The number of nitrogens with zero attached hydrogens (tertiary/aromatic N) is 1. The molecule has 1 amide bonds. The van der Waals surface area contributed by atoms with E-state index < -0.39 is 18.5 Å². The van der Waals surface area contributed by atoms with Crippen LogP contribution >= 0.6 is 11.3 Å². The maximum Gasteiger partial charge on any atom is 0.344 e. The van der Waals surface area contributed by atoms with Crippen LogP contribution in [-0.2, 0) is 14.3 Å². The molecule has 1 aromatic heterocycles. The van der Waals surface area contributed by atoms with Crippen LogP contribution in [0.3, 0.4) is 0 Å². The third-order valence-electron chi connectivity index (χ3n) is 5.30. The van der Waals surface area contributed by atoms with Crippen LogP contribution < -0.4 is 19.5 Å². The van der Waals surface area contributed by atoms with Gasteiger partial charge in [0.1, 0.15) is 5.75 Å². The summed E-state index contributed by atoms with van der Waals surface area (Å²) in [6.45, 7) is -0.877. The number of aromatic nitrogens is 1. The fourth-order valence-corrected chi connectivity index (χ4v) is 4.14. The van der Waals surface area contributed by atoms with Crippen LogP contribution in [0, 0.1) is 0 Å². The maximum atomic E-state index is 12.5. The predicted octanol–water partition coefficient (Wildman–Crippen LogP) is 4.62. The number of benzene rings is 3. The topological polar surface area (TPSA) is 113 Å². The van der Waals surface area contributed by atoms with E-state index in [1.165, 1.54) is 11.3 Å². The molecule has 0 atom stereocenters. The molecule has 0 aliphatic carbocycles. The Morgan fingerprint density at radius 1 is 0.842 bits per heavy atom. The number of hydrogen-bond donors (Lipinski definition) is 1. The summed E-state index contributed by atoms with van der Waals surface area (Å²) < 4.78 is 20.9. The van der Waals surface area contributed by atoms with Gasteiger partial charge in [-0.1, -0.05) is 30.3 Å². The molecule has 10 heteroatoms. The van der Waals surface area contributed by atoms with Gasteiger partial charge in [0.15, 0.2) is 35.6 Å². The van der Waals surface area contributed by atoms with Crippen molar-refractivity contribution in [2.75, 3.05) is 32.8 Å². The van der Waals surface area contributed by atoms with Crippen LogP contribution in [0.4, 0.5) is 5.13 Å². The number of amides is 1. The maximum absolute atomic E-state index is 12.5. The van der Waals surface area contributed by atoms with Crippen LogP contribution in [0.5, 0.6) is 17.2 Å². The van der Waals surface area contributed by atoms with E-state index in [1.54, 1.807) is 80.3 Å². The monoisotopic (exact) mass is 532 g/mol. The lowest BCUT2D eigenvalue weighted by Gasteiger charge is -2.08. The van der Waals surface area contributed by atoms with E-state index in [9.17, 15) is 14.4 Å². The second-order valence-corrected chi connectivity index (χ2v) is 8.68. The fourth-order valence-electron chi connectivity index (χ4n) is 3.40. The first-order valence-corrected chi connectivity index (χ1v) is 12.3. The molecule has 0 bridgehead atoms. The van der Waals surface area contributed by atoms with Gasteiger partial charge in [-0.05, 0) is 42.5 Å². The van der Waals surface area contributed by atoms with E-state index in [0.717, 1.165) is 5.56 Å². The summed E-state index contributed by atoms with van der Waals surface area (Å²) >= 11 is 1.24. The Morgan fingerprint density at radius 2 is 1.55 bits per heavy atom. The molecule has 4 aromatic rings. The molecule has 4 rings (SSSR count). The zero-order valence-electron chi connectivity index (χ0n) is 20.6. The second-order valence-electron chi connectivity index (χ2n) is 7.82. The van der Waals surface area contributed by atoms with Crippen molar-refractivity contribution < 1.29 is 33.3 Å². The Morgan fingerprint density at radius 3 is 2.26 bits per heavy atom. The average Bonchev–Trinajstić information content (AvgIpc) is 3.43. The highest BCUT2D eigenvalue weighted by atomic mass is 32.1. The van der Waals surface area contributed by atoms with Crippen molar-refractivity contribution in [2.45, 2.75) is 0 Å². The number of carbonyl (C=O) groups is 3. The molecule has 194 valence electrons. The third kappa shape index (κ3) is 6.74. The Bertz CT molecular complexity index is 1420. The summed E-state index contributed by atoms with van der Waals surface area (Å²) in [5, 5.41) is 4.75. The van der Waals surface area contributed by atoms with E-state index in [-0.39, 0.29) is 12.4 Å². The number of hydrogen-bond acceptors (Lipinski definition) is 9. The normalized spacial score (nSPS) is 10.4. The summed E-state index contributed by atoms with van der Waals surface area (Å²) in [6.07, 6.45) is 0. The zero-order valence-corrected chi connectivity index (χ0v) is 21.4. The molecular weight excluding hydrogens is 508 g/mol. The minimum absolute atomic E-state index is 0.112. The number of esters is 1. The number of ketones is 1. The van der Waals surface area contributed by atoms with Gasteiger partial charge in [-0.2, -0.15) is 0 Å². The van der Waals surface area contributed by atoms with Crippen LogP contribution in [0.2, 0.25) is 0 Å². The predicted molar refractivity (Wildman–Crippen MR) is 142 cm³/mol. The highest BCUT2D eigenvalue weighted by Gasteiger charge is 2.14. The standard InChI is InChI=1S/C28H24N2O7S/c1-34-23-13-10-20(14-24(23)35-2)22-17-38-28(29-22)30-25(31)15-37-26(32)16-36-21-11-8-19(9-12-21)27(33)18-6-4-3-5-7-18/h3-14,17H,15-16H2,1-2H3,(H,29,30,31). The molecule has 3 aromatic carbocycles. The Kier molecular flexibility index (Phi) is 8.68. The molecule has 0 aliphatic rings. The van der Waals surface area contributed by atoms with Crippen LogP contribution in [0.25, 0.3) is 11.3 Å². The van der Waals surface area contributed by atoms with Gasteiger partial charge >= 0.3 is 5.97 Å². The molecule has 0 radical (unpaired) electrons. The molecule has 0 saturated heterocycles. The van der Waals surface area contributed by atoms with Crippen molar-refractivity contribution in [1.29, 1.82) is 0 Å². The summed E-state index contributed by atoms with van der Waals surface area (Å²) in [4.78, 5) is 41.1. The van der Waals surface area contributed by atoms with Crippen molar-refractivity contribution in [1.82, 2.24) is 4.98 Å². The van der Waals surface area contributed by atoms with Gasteiger partial charge in [0.05, 0.1) is 19.9 Å².